The number of carbonyl (C=O) groups is 1. The van der Waals surface area contributed by atoms with Crippen molar-refractivity contribution in [1.29, 1.82) is 0 Å². The first kappa shape index (κ1) is 22.9. The molecule has 0 aliphatic carbocycles. The first-order chi connectivity index (χ1) is 17.7. The van der Waals surface area contributed by atoms with Crippen LogP contribution in [0.15, 0.2) is 119 Å². The van der Waals surface area contributed by atoms with Crippen molar-refractivity contribution in [1.82, 2.24) is 0 Å². The molecule has 5 aromatic rings. The van der Waals surface area contributed by atoms with Crippen molar-refractivity contribution >= 4 is 16.9 Å². The van der Waals surface area contributed by atoms with E-state index in [4.69, 9.17) is 18.6 Å². The van der Waals surface area contributed by atoms with E-state index in [0.29, 0.717) is 22.5 Å². The minimum Gasteiger partial charge on any atom is -0.482 e. The van der Waals surface area contributed by atoms with Gasteiger partial charge in [0.25, 0.3) is 0 Å². The third-order valence-corrected chi connectivity index (χ3v) is 5.50. The number of carbonyl (C=O) groups excluding carboxylic acids is 1. The Hall–Kier alpha value is -4.84. The zero-order valence-electron chi connectivity index (χ0n) is 19.3. The Bertz CT molecular complexity index is 1520. The summed E-state index contributed by atoms with van der Waals surface area (Å²) < 4.78 is 22.1. The Morgan fingerprint density at radius 3 is 2.17 bits per heavy atom. The number of hydrogen-bond acceptors (Lipinski definition) is 6. The Kier molecular flexibility index (Phi) is 6.76. The number of esters is 1. The fourth-order valence-electron chi connectivity index (χ4n) is 3.65. The number of benzene rings is 4. The molecule has 0 saturated heterocycles. The maximum atomic E-state index is 12.9. The smallest absolute Gasteiger partial charge is 0.344 e. The fourth-order valence-corrected chi connectivity index (χ4v) is 3.65. The first-order valence-corrected chi connectivity index (χ1v) is 11.4. The van der Waals surface area contributed by atoms with E-state index >= 15 is 0 Å². The fraction of sp³-hybridized carbons (Fsp3) is 0.0667. The number of rotatable bonds is 8. The Morgan fingerprint density at radius 2 is 1.42 bits per heavy atom. The summed E-state index contributed by atoms with van der Waals surface area (Å²) in [7, 11) is 0. The third-order valence-electron chi connectivity index (χ3n) is 5.50. The van der Waals surface area contributed by atoms with Crippen LogP contribution in [-0.4, -0.2) is 12.6 Å². The van der Waals surface area contributed by atoms with E-state index in [9.17, 15) is 9.59 Å². The van der Waals surface area contributed by atoms with E-state index in [2.05, 4.69) is 0 Å². The average molecular weight is 479 g/mol. The van der Waals surface area contributed by atoms with Gasteiger partial charge < -0.3 is 18.6 Å². The molecule has 0 aliphatic rings. The molecule has 5 rings (SSSR count). The second kappa shape index (κ2) is 10.6. The maximum absolute atomic E-state index is 12.9. The van der Waals surface area contributed by atoms with E-state index in [1.165, 1.54) is 6.26 Å². The molecule has 0 saturated carbocycles. The summed E-state index contributed by atoms with van der Waals surface area (Å²) in [5.41, 5.74) is 3.05. The molecular formula is C30H22O6. The summed E-state index contributed by atoms with van der Waals surface area (Å²) in [6.45, 7) is -0.0872. The SMILES string of the molecule is O=C(COc1ccc2c(=O)c(Oc3ccc(-c4ccccc4)cc3)coc2c1)OCc1ccccc1. The van der Waals surface area contributed by atoms with Gasteiger partial charge in [-0.3, -0.25) is 4.79 Å². The van der Waals surface area contributed by atoms with Crippen LogP contribution in [0.3, 0.4) is 0 Å². The van der Waals surface area contributed by atoms with Gasteiger partial charge in [-0.25, -0.2) is 4.79 Å². The molecule has 0 N–H and O–H groups in total. The van der Waals surface area contributed by atoms with Crippen molar-refractivity contribution in [3.63, 3.8) is 0 Å². The minimum absolute atomic E-state index is 0.0770. The Morgan fingerprint density at radius 1 is 0.750 bits per heavy atom. The molecule has 1 aromatic heterocycles. The van der Waals surface area contributed by atoms with E-state index in [1.807, 2.05) is 72.8 Å². The molecule has 0 atom stereocenters. The monoisotopic (exact) mass is 478 g/mol. The van der Waals surface area contributed by atoms with E-state index < -0.39 is 5.97 Å². The normalized spacial score (nSPS) is 10.7. The van der Waals surface area contributed by atoms with Gasteiger partial charge in [-0.05, 0) is 41.0 Å². The van der Waals surface area contributed by atoms with Crippen LogP contribution in [0.1, 0.15) is 5.56 Å². The molecule has 4 aromatic carbocycles. The van der Waals surface area contributed by atoms with Gasteiger partial charge >= 0.3 is 5.97 Å². The largest absolute Gasteiger partial charge is 0.482 e. The zero-order chi connectivity index (χ0) is 24.7. The van der Waals surface area contributed by atoms with Crippen LogP contribution in [0, 0.1) is 0 Å². The van der Waals surface area contributed by atoms with Crippen molar-refractivity contribution in [2.75, 3.05) is 6.61 Å². The maximum Gasteiger partial charge on any atom is 0.344 e. The second-order valence-electron chi connectivity index (χ2n) is 8.01. The Labute approximate surface area is 207 Å². The van der Waals surface area contributed by atoms with E-state index in [0.717, 1.165) is 16.7 Å². The number of fused-ring (bicyclic) bond motifs is 1. The molecule has 6 heteroatoms. The molecule has 178 valence electrons. The van der Waals surface area contributed by atoms with Crippen molar-refractivity contribution in [2.24, 2.45) is 0 Å². The quantitative estimate of drug-likeness (QED) is 0.241. The summed E-state index contributed by atoms with van der Waals surface area (Å²) in [5, 5.41) is 0.340. The van der Waals surface area contributed by atoms with Crippen LogP contribution < -0.4 is 14.9 Å². The van der Waals surface area contributed by atoms with E-state index in [-0.39, 0.29) is 24.4 Å². The number of hydrogen-bond donors (Lipinski definition) is 0. The van der Waals surface area contributed by atoms with Crippen LogP contribution in [-0.2, 0) is 16.1 Å². The molecule has 0 amide bonds. The lowest BCUT2D eigenvalue weighted by Crippen LogP contribution is -2.14. The molecule has 6 nitrogen and oxygen atoms in total. The molecule has 0 radical (unpaired) electrons. The van der Waals surface area contributed by atoms with Gasteiger partial charge in [0.1, 0.15) is 30.0 Å². The van der Waals surface area contributed by atoms with Crippen molar-refractivity contribution in [3.8, 4) is 28.4 Å². The number of ether oxygens (including phenoxy) is 3. The second-order valence-corrected chi connectivity index (χ2v) is 8.01. The topological polar surface area (TPSA) is 75.0 Å². The summed E-state index contributed by atoms with van der Waals surface area (Å²) in [4.78, 5) is 24.9. The highest BCUT2D eigenvalue weighted by Gasteiger charge is 2.12. The van der Waals surface area contributed by atoms with Crippen molar-refractivity contribution in [3.05, 3.63) is 125 Å². The predicted molar refractivity (Wildman–Crippen MR) is 136 cm³/mol. The zero-order valence-corrected chi connectivity index (χ0v) is 19.3. The van der Waals surface area contributed by atoms with Gasteiger partial charge in [0, 0.05) is 6.07 Å². The van der Waals surface area contributed by atoms with Gasteiger partial charge in [-0.15, -0.1) is 0 Å². The van der Waals surface area contributed by atoms with Crippen LogP contribution in [0.5, 0.6) is 17.2 Å². The van der Waals surface area contributed by atoms with Crippen LogP contribution in [0.4, 0.5) is 0 Å². The predicted octanol–water partition coefficient (Wildman–Crippen LogP) is 6.37. The molecule has 1 heterocycles. The third kappa shape index (κ3) is 5.45. The summed E-state index contributed by atoms with van der Waals surface area (Å²) in [6, 6.07) is 31.6. The molecular weight excluding hydrogens is 456 g/mol. The summed E-state index contributed by atoms with van der Waals surface area (Å²) in [6.07, 6.45) is 1.27. The molecule has 0 spiro atoms. The standard InChI is InChI=1S/C30H22O6/c31-29(35-18-21-7-3-1-4-8-21)20-33-25-15-16-26-27(17-25)34-19-28(30(26)32)36-24-13-11-23(12-14-24)22-9-5-2-6-10-22/h1-17,19H,18,20H2. The van der Waals surface area contributed by atoms with Gasteiger partial charge in [-0.2, -0.15) is 0 Å². The molecule has 0 bridgehead atoms. The highest BCUT2D eigenvalue weighted by atomic mass is 16.6. The van der Waals surface area contributed by atoms with Crippen LogP contribution in [0.2, 0.25) is 0 Å². The first-order valence-electron chi connectivity index (χ1n) is 11.4. The highest BCUT2D eigenvalue weighted by Crippen LogP contribution is 2.26. The average Bonchev–Trinajstić information content (AvgIpc) is 2.94. The van der Waals surface area contributed by atoms with Crippen LogP contribution >= 0.6 is 0 Å². The molecule has 0 aliphatic heterocycles. The van der Waals surface area contributed by atoms with Crippen molar-refractivity contribution in [2.45, 2.75) is 6.61 Å². The molecule has 0 unspecified atom stereocenters. The van der Waals surface area contributed by atoms with Gasteiger partial charge in [0.15, 0.2) is 6.61 Å². The summed E-state index contributed by atoms with van der Waals surface area (Å²) in [5.74, 6) is 0.485. The van der Waals surface area contributed by atoms with Gasteiger partial charge in [0.2, 0.25) is 11.2 Å². The lowest BCUT2D eigenvalue weighted by atomic mass is 10.1. The lowest BCUT2D eigenvalue weighted by Gasteiger charge is -2.09. The lowest BCUT2D eigenvalue weighted by molar-refractivity contribution is -0.147. The highest BCUT2D eigenvalue weighted by molar-refractivity contribution is 5.79. The van der Waals surface area contributed by atoms with Gasteiger partial charge in [-0.1, -0.05) is 72.8 Å². The van der Waals surface area contributed by atoms with Crippen LogP contribution in [0.25, 0.3) is 22.1 Å². The van der Waals surface area contributed by atoms with E-state index in [1.54, 1.807) is 30.3 Å². The molecule has 0 fully saturated rings. The Balaban J connectivity index is 1.23. The van der Waals surface area contributed by atoms with Crippen molar-refractivity contribution < 1.29 is 23.4 Å². The summed E-state index contributed by atoms with van der Waals surface area (Å²) >= 11 is 0. The minimum atomic E-state index is -0.498. The molecule has 36 heavy (non-hydrogen) atoms. The van der Waals surface area contributed by atoms with Gasteiger partial charge in [0.05, 0.1) is 5.39 Å².